The van der Waals surface area contributed by atoms with Crippen molar-refractivity contribution >= 4 is 0 Å². The second-order valence-corrected chi connectivity index (χ2v) is 4.77. The minimum Gasteiger partial charge on any atom is -0.378 e. The van der Waals surface area contributed by atoms with Crippen molar-refractivity contribution in [3.05, 3.63) is 11.7 Å². The third kappa shape index (κ3) is 2.84. The fourth-order valence-electron chi connectivity index (χ4n) is 2.05. The topological polar surface area (TPSA) is 51.4 Å². The standard InChI is InChI=1S/C12H21N3O2/c1-4-5-15-6-7-16-8-10(15)11-13-12(9(2)3)17-14-11/h9-10H,4-8H2,1-3H3/t10-/m1/s1. The number of ether oxygens (including phenoxy) is 1. The van der Waals surface area contributed by atoms with Gasteiger partial charge in [-0.25, -0.2) is 0 Å². The molecule has 0 amide bonds. The first-order valence-electron chi connectivity index (χ1n) is 6.37. The molecule has 1 atom stereocenters. The average Bonchev–Trinajstić information content (AvgIpc) is 2.79. The van der Waals surface area contributed by atoms with Gasteiger partial charge in [-0.3, -0.25) is 4.90 Å². The largest absolute Gasteiger partial charge is 0.378 e. The van der Waals surface area contributed by atoms with Crippen molar-refractivity contribution in [2.24, 2.45) is 0 Å². The van der Waals surface area contributed by atoms with Gasteiger partial charge in [0.2, 0.25) is 5.89 Å². The van der Waals surface area contributed by atoms with E-state index in [9.17, 15) is 0 Å². The molecule has 0 unspecified atom stereocenters. The maximum atomic E-state index is 5.52. The predicted molar refractivity (Wildman–Crippen MR) is 63.8 cm³/mol. The Bertz CT molecular complexity index is 349. The molecular weight excluding hydrogens is 218 g/mol. The van der Waals surface area contributed by atoms with Gasteiger partial charge in [-0.2, -0.15) is 4.98 Å². The Morgan fingerprint density at radius 1 is 1.47 bits per heavy atom. The molecular formula is C12H21N3O2. The minimum absolute atomic E-state index is 0.153. The molecule has 1 aliphatic heterocycles. The lowest BCUT2D eigenvalue weighted by Gasteiger charge is -2.33. The zero-order valence-electron chi connectivity index (χ0n) is 10.8. The molecule has 5 nitrogen and oxygen atoms in total. The van der Waals surface area contributed by atoms with E-state index in [-0.39, 0.29) is 12.0 Å². The van der Waals surface area contributed by atoms with Crippen molar-refractivity contribution < 1.29 is 9.26 Å². The van der Waals surface area contributed by atoms with Crippen LogP contribution in [0.1, 0.15) is 50.9 Å². The fraction of sp³-hybridized carbons (Fsp3) is 0.833. The van der Waals surface area contributed by atoms with Crippen molar-refractivity contribution in [2.45, 2.75) is 39.2 Å². The number of rotatable bonds is 4. The Hall–Kier alpha value is -0.940. The number of hydrogen-bond donors (Lipinski definition) is 0. The molecule has 5 heteroatoms. The summed E-state index contributed by atoms with van der Waals surface area (Å²) in [5.74, 6) is 1.75. The fourth-order valence-corrected chi connectivity index (χ4v) is 2.05. The van der Waals surface area contributed by atoms with Crippen molar-refractivity contribution in [2.75, 3.05) is 26.3 Å². The van der Waals surface area contributed by atoms with E-state index in [4.69, 9.17) is 9.26 Å². The SMILES string of the molecule is CCCN1CCOC[C@@H]1c1noc(C(C)C)n1. The quantitative estimate of drug-likeness (QED) is 0.804. The molecule has 2 heterocycles. The summed E-state index contributed by atoms with van der Waals surface area (Å²) in [4.78, 5) is 6.84. The summed E-state index contributed by atoms with van der Waals surface area (Å²) < 4.78 is 10.8. The van der Waals surface area contributed by atoms with Gasteiger partial charge in [0.15, 0.2) is 5.82 Å². The molecule has 2 rings (SSSR count). The maximum Gasteiger partial charge on any atom is 0.229 e. The Labute approximate surface area is 102 Å². The van der Waals surface area contributed by atoms with Crippen LogP contribution in [0.4, 0.5) is 0 Å². The monoisotopic (exact) mass is 239 g/mol. The van der Waals surface area contributed by atoms with Crippen LogP contribution >= 0.6 is 0 Å². The zero-order valence-corrected chi connectivity index (χ0v) is 10.8. The summed E-state index contributed by atoms with van der Waals surface area (Å²) in [6.45, 7) is 9.76. The summed E-state index contributed by atoms with van der Waals surface area (Å²) >= 11 is 0. The summed E-state index contributed by atoms with van der Waals surface area (Å²) in [7, 11) is 0. The van der Waals surface area contributed by atoms with Crippen LogP contribution in [0.5, 0.6) is 0 Å². The molecule has 1 aliphatic rings. The number of morpholine rings is 1. The smallest absolute Gasteiger partial charge is 0.229 e. The van der Waals surface area contributed by atoms with Crippen molar-refractivity contribution in [3.63, 3.8) is 0 Å². The summed E-state index contributed by atoms with van der Waals surface area (Å²) in [6.07, 6.45) is 1.13. The van der Waals surface area contributed by atoms with Crippen LogP contribution in [0.15, 0.2) is 4.52 Å². The highest BCUT2D eigenvalue weighted by molar-refractivity contribution is 4.98. The molecule has 0 aliphatic carbocycles. The van der Waals surface area contributed by atoms with Crippen molar-refractivity contribution in [1.29, 1.82) is 0 Å². The van der Waals surface area contributed by atoms with Gasteiger partial charge in [0.05, 0.1) is 19.3 Å². The summed E-state index contributed by atoms with van der Waals surface area (Å²) in [6, 6.07) is 0.153. The zero-order chi connectivity index (χ0) is 12.3. The lowest BCUT2D eigenvalue weighted by Crippen LogP contribution is -2.40. The molecule has 0 bridgehead atoms. The molecule has 1 aromatic heterocycles. The molecule has 1 fully saturated rings. The lowest BCUT2D eigenvalue weighted by atomic mass is 10.2. The third-order valence-corrected chi connectivity index (χ3v) is 3.00. The second-order valence-electron chi connectivity index (χ2n) is 4.77. The van der Waals surface area contributed by atoms with Gasteiger partial charge in [-0.05, 0) is 13.0 Å². The van der Waals surface area contributed by atoms with E-state index < -0.39 is 0 Å². The first kappa shape index (κ1) is 12.5. The number of aromatic nitrogens is 2. The molecule has 0 radical (unpaired) electrons. The molecule has 1 aromatic rings. The van der Waals surface area contributed by atoms with Crippen molar-refractivity contribution in [3.8, 4) is 0 Å². The van der Waals surface area contributed by atoms with Crippen LogP contribution in [0, 0.1) is 0 Å². The Morgan fingerprint density at radius 2 is 2.29 bits per heavy atom. The normalized spacial score (nSPS) is 22.2. The van der Waals surface area contributed by atoms with Gasteiger partial charge in [0.1, 0.15) is 0 Å². The second kappa shape index (κ2) is 5.60. The van der Waals surface area contributed by atoms with Gasteiger partial charge in [0.25, 0.3) is 0 Å². The maximum absolute atomic E-state index is 5.52. The van der Waals surface area contributed by atoms with Crippen LogP contribution in [0.25, 0.3) is 0 Å². The van der Waals surface area contributed by atoms with E-state index in [1.165, 1.54) is 0 Å². The van der Waals surface area contributed by atoms with Gasteiger partial charge >= 0.3 is 0 Å². The molecule has 0 aromatic carbocycles. The molecule has 17 heavy (non-hydrogen) atoms. The van der Waals surface area contributed by atoms with Gasteiger partial charge in [-0.15, -0.1) is 0 Å². The van der Waals surface area contributed by atoms with E-state index in [1.807, 2.05) is 0 Å². The van der Waals surface area contributed by atoms with Gasteiger partial charge < -0.3 is 9.26 Å². The third-order valence-electron chi connectivity index (χ3n) is 3.00. The van der Waals surface area contributed by atoms with Crippen LogP contribution in [-0.2, 0) is 4.74 Å². The Kier molecular flexibility index (Phi) is 4.12. The number of nitrogens with zero attached hydrogens (tertiary/aromatic N) is 3. The highest BCUT2D eigenvalue weighted by atomic mass is 16.5. The Balaban J connectivity index is 2.11. The van der Waals surface area contributed by atoms with Crippen LogP contribution in [0.2, 0.25) is 0 Å². The van der Waals surface area contributed by atoms with E-state index in [1.54, 1.807) is 0 Å². The van der Waals surface area contributed by atoms with Crippen molar-refractivity contribution in [1.82, 2.24) is 15.0 Å². The lowest BCUT2D eigenvalue weighted by molar-refractivity contribution is -0.0122. The summed E-state index contributed by atoms with van der Waals surface area (Å²) in [5.41, 5.74) is 0. The van der Waals surface area contributed by atoms with Gasteiger partial charge in [0, 0.05) is 12.5 Å². The molecule has 0 N–H and O–H groups in total. The molecule has 1 saturated heterocycles. The molecule has 0 saturated carbocycles. The highest BCUT2D eigenvalue weighted by Gasteiger charge is 2.28. The first-order valence-corrected chi connectivity index (χ1v) is 6.37. The average molecular weight is 239 g/mol. The van der Waals surface area contributed by atoms with Crippen LogP contribution in [-0.4, -0.2) is 41.3 Å². The van der Waals surface area contributed by atoms with Crippen LogP contribution in [0.3, 0.4) is 0 Å². The number of hydrogen-bond acceptors (Lipinski definition) is 5. The first-order chi connectivity index (χ1) is 8.22. The Morgan fingerprint density at radius 3 is 2.94 bits per heavy atom. The van der Waals surface area contributed by atoms with E-state index in [0.29, 0.717) is 12.5 Å². The minimum atomic E-state index is 0.153. The summed E-state index contributed by atoms with van der Waals surface area (Å²) in [5, 5.41) is 4.09. The molecule has 0 spiro atoms. The highest BCUT2D eigenvalue weighted by Crippen LogP contribution is 2.23. The van der Waals surface area contributed by atoms with Crippen LogP contribution < -0.4 is 0 Å². The molecule has 96 valence electrons. The predicted octanol–water partition coefficient (Wildman–Crippen LogP) is 1.98. The van der Waals surface area contributed by atoms with E-state index in [0.717, 1.165) is 31.9 Å². The van der Waals surface area contributed by atoms with E-state index in [2.05, 4.69) is 35.8 Å². The van der Waals surface area contributed by atoms with E-state index >= 15 is 0 Å². The van der Waals surface area contributed by atoms with Gasteiger partial charge in [-0.1, -0.05) is 25.9 Å².